The predicted octanol–water partition coefficient (Wildman–Crippen LogP) is 4.65. The van der Waals surface area contributed by atoms with Gasteiger partial charge in [0.25, 0.3) is 5.91 Å². The second-order valence-electron chi connectivity index (χ2n) is 6.01. The number of nitrogens with zero attached hydrogens (tertiary/aromatic N) is 1. The van der Waals surface area contributed by atoms with Gasteiger partial charge in [-0.05, 0) is 43.2 Å². The van der Waals surface area contributed by atoms with Crippen molar-refractivity contribution in [3.8, 4) is 5.75 Å². The number of benzene rings is 2. The quantitative estimate of drug-likeness (QED) is 0.857. The lowest BCUT2D eigenvalue weighted by Crippen LogP contribution is -2.47. The van der Waals surface area contributed by atoms with Crippen LogP contribution in [0.2, 0.25) is 0 Å². The fraction of sp³-hybridized carbons (Fsp3) is 0.316. The number of fused-ring (bicyclic) bond motifs is 1. The molecule has 0 saturated carbocycles. The van der Waals surface area contributed by atoms with Crippen molar-refractivity contribution in [2.75, 3.05) is 5.32 Å². The van der Waals surface area contributed by atoms with E-state index in [2.05, 4.69) is 10.1 Å². The Hall–Kier alpha value is -2.63. The van der Waals surface area contributed by atoms with E-state index < -0.39 is 6.61 Å². The normalized spacial score (nSPS) is 17.9. The van der Waals surface area contributed by atoms with Gasteiger partial charge in [0.2, 0.25) is 0 Å². The van der Waals surface area contributed by atoms with Crippen molar-refractivity contribution in [1.82, 2.24) is 4.90 Å². The van der Waals surface area contributed by atoms with E-state index in [9.17, 15) is 13.6 Å². The Labute approximate surface area is 145 Å². The SMILES string of the molecule is CC[C@H](C)N1C(=O)c2ccccc2N[C@H]1c1ccc(OC(F)F)cc1. The molecule has 0 unspecified atom stereocenters. The highest BCUT2D eigenvalue weighted by atomic mass is 19.3. The van der Waals surface area contributed by atoms with Gasteiger partial charge >= 0.3 is 6.61 Å². The Morgan fingerprint density at radius 3 is 2.48 bits per heavy atom. The average molecular weight is 346 g/mol. The lowest BCUT2D eigenvalue weighted by atomic mass is 10.0. The molecule has 0 bridgehead atoms. The van der Waals surface area contributed by atoms with Gasteiger partial charge in [0, 0.05) is 11.7 Å². The molecule has 1 N–H and O–H groups in total. The molecule has 1 aliphatic heterocycles. The Morgan fingerprint density at radius 2 is 1.84 bits per heavy atom. The molecule has 6 heteroatoms. The summed E-state index contributed by atoms with van der Waals surface area (Å²) < 4.78 is 29.0. The molecule has 0 aromatic heterocycles. The summed E-state index contributed by atoms with van der Waals surface area (Å²) >= 11 is 0. The molecule has 0 aliphatic carbocycles. The van der Waals surface area contributed by atoms with E-state index in [4.69, 9.17) is 0 Å². The number of halogens is 2. The van der Waals surface area contributed by atoms with Crippen molar-refractivity contribution in [3.05, 3.63) is 59.7 Å². The number of para-hydroxylation sites is 1. The molecular formula is C19H20F2N2O2. The van der Waals surface area contributed by atoms with Gasteiger partial charge in [0.05, 0.1) is 5.56 Å². The van der Waals surface area contributed by atoms with Crippen molar-refractivity contribution in [1.29, 1.82) is 0 Å². The Morgan fingerprint density at radius 1 is 1.16 bits per heavy atom. The number of anilines is 1. The van der Waals surface area contributed by atoms with Gasteiger partial charge in [-0.25, -0.2) is 0 Å². The topological polar surface area (TPSA) is 41.6 Å². The Bertz CT molecular complexity index is 749. The molecule has 2 aromatic rings. The molecule has 25 heavy (non-hydrogen) atoms. The number of hydrogen-bond donors (Lipinski definition) is 1. The number of nitrogens with one attached hydrogen (secondary N) is 1. The van der Waals surface area contributed by atoms with E-state index in [1.807, 2.05) is 32.0 Å². The molecule has 0 fully saturated rings. The van der Waals surface area contributed by atoms with Crippen molar-refractivity contribution >= 4 is 11.6 Å². The lowest BCUT2D eigenvalue weighted by Gasteiger charge is -2.41. The number of amides is 1. The van der Waals surface area contributed by atoms with E-state index in [1.54, 1.807) is 23.1 Å². The van der Waals surface area contributed by atoms with Gasteiger partial charge in [-0.15, -0.1) is 0 Å². The van der Waals surface area contributed by atoms with Crippen molar-refractivity contribution in [2.45, 2.75) is 39.1 Å². The summed E-state index contributed by atoms with van der Waals surface area (Å²) in [6.45, 7) is 1.16. The van der Waals surface area contributed by atoms with Crippen molar-refractivity contribution < 1.29 is 18.3 Å². The standard InChI is InChI=1S/C19H20F2N2O2/c1-3-12(2)23-17(13-8-10-14(11-9-13)25-19(20)21)22-16-7-5-4-6-15(16)18(23)24/h4-12,17,19,22H,3H2,1-2H3/t12-,17+/m0/s1. The number of hydrogen-bond acceptors (Lipinski definition) is 3. The maximum Gasteiger partial charge on any atom is 0.387 e. The van der Waals surface area contributed by atoms with Crippen LogP contribution < -0.4 is 10.1 Å². The third-order valence-electron chi connectivity index (χ3n) is 4.45. The van der Waals surface area contributed by atoms with Crippen LogP contribution in [0.4, 0.5) is 14.5 Å². The molecule has 1 aliphatic rings. The smallest absolute Gasteiger partial charge is 0.387 e. The van der Waals surface area contributed by atoms with Gasteiger partial charge in [0.15, 0.2) is 0 Å². The monoisotopic (exact) mass is 346 g/mol. The number of rotatable bonds is 5. The molecule has 0 saturated heterocycles. The highest BCUT2D eigenvalue weighted by Crippen LogP contribution is 2.35. The molecule has 1 amide bonds. The van der Waals surface area contributed by atoms with Gasteiger partial charge < -0.3 is 15.0 Å². The third-order valence-corrected chi connectivity index (χ3v) is 4.45. The molecule has 4 nitrogen and oxygen atoms in total. The van der Waals surface area contributed by atoms with Crippen LogP contribution in [-0.4, -0.2) is 23.5 Å². The summed E-state index contributed by atoms with van der Waals surface area (Å²) in [5, 5.41) is 3.39. The Balaban J connectivity index is 1.96. The molecule has 0 spiro atoms. The lowest BCUT2D eigenvalue weighted by molar-refractivity contribution is -0.0498. The van der Waals surface area contributed by atoms with Crippen LogP contribution in [0.1, 0.15) is 42.4 Å². The fourth-order valence-electron chi connectivity index (χ4n) is 3.00. The molecule has 132 valence electrons. The number of ether oxygens (including phenoxy) is 1. The first-order valence-electron chi connectivity index (χ1n) is 8.24. The predicted molar refractivity (Wildman–Crippen MR) is 91.8 cm³/mol. The maximum atomic E-state index is 13.0. The molecular weight excluding hydrogens is 326 g/mol. The second-order valence-corrected chi connectivity index (χ2v) is 6.01. The van der Waals surface area contributed by atoms with Crippen molar-refractivity contribution in [2.24, 2.45) is 0 Å². The van der Waals surface area contributed by atoms with E-state index in [0.717, 1.165) is 17.7 Å². The van der Waals surface area contributed by atoms with Crippen LogP contribution in [0.3, 0.4) is 0 Å². The highest BCUT2D eigenvalue weighted by Gasteiger charge is 2.35. The zero-order chi connectivity index (χ0) is 18.0. The Kier molecular flexibility index (Phi) is 4.88. The van der Waals surface area contributed by atoms with Crippen LogP contribution in [0.5, 0.6) is 5.75 Å². The minimum absolute atomic E-state index is 0.0235. The van der Waals surface area contributed by atoms with Crippen LogP contribution >= 0.6 is 0 Å². The zero-order valence-electron chi connectivity index (χ0n) is 14.1. The number of carbonyl (C=O) groups excluding carboxylic acids is 1. The van der Waals surface area contributed by atoms with Gasteiger partial charge in [-0.3, -0.25) is 4.79 Å². The summed E-state index contributed by atoms with van der Waals surface area (Å²) in [4.78, 5) is 14.8. The minimum atomic E-state index is -2.86. The van der Waals surface area contributed by atoms with E-state index >= 15 is 0 Å². The average Bonchev–Trinajstić information content (AvgIpc) is 2.61. The van der Waals surface area contributed by atoms with Gasteiger partial charge in [-0.2, -0.15) is 8.78 Å². The minimum Gasteiger partial charge on any atom is -0.435 e. The first kappa shape index (κ1) is 17.2. The largest absolute Gasteiger partial charge is 0.435 e. The van der Waals surface area contributed by atoms with Crippen LogP contribution in [0.15, 0.2) is 48.5 Å². The summed E-state index contributed by atoms with van der Waals surface area (Å²) in [5.41, 5.74) is 2.21. The molecule has 0 radical (unpaired) electrons. The number of carbonyl (C=O) groups is 1. The molecule has 1 heterocycles. The molecule has 3 rings (SSSR count). The van der Waals surface area contributed by atoms with Crippen LogP contribution in [0.25, 0.3) is 0 Å². The first-order chi connectivity index (χ1) is 12.0. The van der Waals surface area contributed by atoms with Crippen LogP contribution in [0, 0.1) is 0 Å². The second kappa shape index (κ2) is 7.09. The molecule has 2 atom stereocenters. The van der Waals surface area contributed by atoms with E-state index in [-0.39, 0.29) is 23.9 Å². The first-order valence-corrected chi connectivity index (χ1v) is 8.24. The zero-order valence-corrected chi connectivity index (χ0v) is 14.1. The third kappa shape index (κ3) is 3.43. The van der Waals surface area contributed by atoms with E-state index in [0.29, 0.717) is 5.56 Å². The summed E-state index contributed by atoms with van der Waals surface area (Å²) in [6.07, 6.45) is 0.441. The highest BCUT2D eigenvalue weighted by molar-refractivity contribution is 6.01. The summed E-state index contributed by atoms with van der Waals surface area (Å²) in [5.74, 6) is 0.0537. The van der Waals surface area contributed by atoms with Crippen LogP contribution in [-0.2, 0) is 0 Å². The summed E-state index contributed by atoms with van der Waals surface area (Å²) in [7, 11) is 0. The maximum absolute atomic E-state index is 13.0. The van der Waals surface area contributed by atoms with Gasteiger partial charge in [-0.1, -0.05) is 31.2 Å². The fourth-order valence-corrected chi connectivity index (χ4v) is 3.00. The molecule has 2 aromatic carbocycles. The summed E-state index contributed by atoms with van der Waals surface area (Å²) in [6, 6.07) is 13.8. The van der Waals surface area contributed by atoms with Crippen molar-refractivity contribution in [3.63, 3.8) is 0 Å². The van der Waals surface area contributed by atoms with Gasteiger partial charge in [0.1, 0.15) is 11.9 Å². The van der Waals surface area contributed by atoms with E-state index in [1.165, 1.54) is 12.1 Å². The number of alkyl halides is 2.